The Morgan fingerprint density at radius 3 is 2.76 bits per heavy atom. The second kappa shape index (κ2) is 4.96. The molecule has 2 aromatic carbocycles. The second-order valence-corrected chi connectivity index (χ2v) is 6.35. The van der Waals surface area contributed by atoms with Gasteiger partial charge in [0.05, 0.1) is 21.6 Å². The lowest BCUT2D eigenvalue weighted by Crippen LogP contribution is -1.86. The van der Waals surface area contributed by atoms with Gasteiger partial charge in [-0.3, -0.25) is 4.98 Å². The van der Waals surface area contributed by atoms with Crippen molar-refractivity contribution >= 4 is 56.1 Å². The first-order valence-electron chi connectivity index (χ1n) is 6.41. The van der Waals surface area contributed by atoms with Crippen LogP contribution in [0.2, 0.25) is 5.02 Å². The Balaban J connectivity index is 1.91. The van der Waals surface area contributed by atoms with Crippen LogP contribution in [0.25, 0.3) is 33.3 Å². The second-order valence-electron chi connectivity index (χ2n) is 4.79. The molecule has 0 amide bonds. The summed E-state index contributed by atoms with van der Waals surface area (Å²) in [6.45, 7) is 0. The van der Waals surface area contributed by atoms with Crippen molar-refractivity contribution in [1.29, 1.82) is 0 Å². The number of nitrogens with zero attached hydrogens (tertiary/aromatic N) is 2. The van der Waals surface area contributed by atoms with E-state index in [2.05, 4.69) is 43.6 Å². The lowest BCUT2D eigenvalue weighted by molar-refractivity contribution is 1.31. The summed E-state index contributed by atoms with van der Waals surface area (Å²) in [5.74, 6) is 0.829. The van der Waals surface area contributed by atoms with E-state index >= 15 is 0 Å². The number of imidazole rings is 1. The van der Waals surface area contributed by atoms with E-state index in [0.29, 0.717) is 0 Å². The molecule has 0 radical (unpaired) electrons. The van der Waals surface area contributed by atoms with Crippen molar-refractivity contribution in [2.75, 3.05) is 0 Å². The highest BCUT2D eigenvalue weighted by Crippen LogP contribution is 2.27. The van der Waals surface area contributed by atoms with Crippen molar-refractivity contribution in [3.8, 4) is 11.4 Å². The van der Waals surface area contributed by atoms with Gasteiger partial charge in [-0.05, 0) is 52.9 Å². The van der Waals surface area contributed by atoms with Crippen molar-refractivity contribution < 1.29 is 0 Å². The Kier molecular flexibility index (Phi) is 3.08. The summed E-state index contributed by atoms with van der Waals surface area (Å²) < 4.78 is 1.02. The Morgan fingerprint density at radius 2 is 1.90 bits per heavy atom. The van der Waals surface area contributed by atoms with Gasteiger partial charge in [0.15, 0.2) is 0 Å². The SMILES string of the molecule is Clc1cc2ncc(-c3nc4ccccc4[nH]3)cc2cc1I. The van der Waals surface area contributed by atoms with Gasteiger partial charge in [0.1, 0.15) is 5.82 Å². The van der Waals surface area contributed by atoms with Crippen molar-refractivity contribution in [1.82, 2.24) is 15.0 Å². The molecule has 0 aliphatic rings. The normalized spacial score (nSPS) is 11.3. The summed E-state index contributed by atoms with van der Waals surface area (Å²) in [5.41, 5.74) is 3.84. The van der Waals surface area contributed by atoms with Gasteiger partial charge in [-0.1, -0.05) is 23.7 Å². The molecule has 0 aliphatic heterocycles. The highest BCUT2D eigenvalue weighted by atomic mass is 127. The number of hydrogen-bond donors (Lipinski definition) is 1. The molecule has 2 aromatic heterocycles. The number of aromatic amines is 1. The van der Waals surface area contributed by atoms with E-state index in [1.807, 2.05) is 42.6 Å². The van der Waals surface area contributed by atoms with Crippen LogP contribution < -0.4 is 0 Å². The number of rotatable bonds is 1. The molecule has 0 saturated carbocycles. The Morgan fingerprint density at radius 1 is 1.05 bits per heavy atom. The highest BCUT2D eigenvalue weighted by molar-refractivity contribution is 14.1. The minimum atomic E-state index is 0.729. The first kappa shape index (κ1) is 13.0. The van der Waals surface area contributed by atoms with Crippen LogP contribution in [0.4, 0.5) is 0 Å². The fraction of sp³-hybridized carbons (Fsp3) is 0. The molecule has 102 valence electrons. The highest BCUT2D eigenvalue weighted by Gasteiger charge is 2.08. The van der Waals surface area contributed by atoms with Gasteiger partial charge in [-0.15, -0.1) is 0 Å². The van der Waals surface area contributed by atoms with Gasteiger partial charge in [-0.25, -0.2) is 4.98 Å². The van der Waals surface area contributed by atoms with Crippen LogP contribution in [-0.4, -0.2) is 15.0 Å². The maximum absolute atomic E-state index is 6.13. The summed E-state index contributed by atoms with van der Waals surface area (Å²) >= 11 is 8.36. The van der Waals surface area contributed by atoms with E-state index in [1.165, 1.54) is 0 Å². The monoisotopic (exact) mass is 405 g/mol. The molecule has 4 rings (SSSR count). The molecular weight excluding hydrogens is 397 g/mol. The number of H-pyrrole nitrogens is 1. The minimum absolute atomic E-state index is 0.729. The smallest absolute Gasteiger partial charge is 0.140 e. The topological polar surface area (TPSA) is 41.6 Å². The third-order valence-electron chi connectivity index (χ3n) is 3.39. The molecule has 0 spiro atoms. The third kappa shape index (κ3) is 2.28. The maximum Gasteiger partial charge on any atom is 0.140 e. The summed E-state index contributed by atoms with van der Waals surface area (Å²) in [5, 5.41) is 1.79. The number of pyridine rings is 1. The molecule has 0 atom stereocenters. The summed E-state index contributed by atoms with van der Waals surface area (Å²) in [6, 6.07) is 14.0. The van der Waals surface area contributed by atoms with E-state index in [-0.39, 0.29) is 0 Å². The summed E-state index contributed by atoms with van der Waals surface area (Å²) in [7, 11) is 0. The molecule has 0 fully saturated rings. The predicted octanol–water partition coefficient (Wildman–Crippen LogP) is 5.04. The molecule has 2 heterocycles. The zero-order valence-electron chi connectivity index (χ0n) is 10.8. The number of aromatic nitrogens is 3. The number of hydrogen-bond acceptors (Lipinski definition) is 2. The van der Waals surface area contributed by atoms with Crippen LogP contribution in [0.1, 0.15) is 0 Å². The molecule has 5 heteroatoms. The number of halogens is 2. The van der Waals surface area contributed by atoms with E-state index < -0.39 is 0 Å². The maximum atomic E-state index is 6.13. The van der Waals surface area contributed by atoms with E-state index in [9.17, 15) is 0 Å². The van der Waals surface area contributed by atoms with Gasteiger partial charge in [0.2, 0.25) is 0 Å². The minimum Gasteiger partial charge on any atom is -0.338 e. The standard InChI is InChI=1S/C16H9ClIN3/c17-11-7-15-9(6-12(11)18)5-10(8-19-15)16-20-13-3-1-2-4-14(13)21-16/h1-8H,(H,20,21). The van der Waals surface area contributed by atoms with Crippen LogP contribution in [0, 0.1) is 3.57 Å². The average molecular weight is 406 g/mol. The molecule has 21 heavy (non-hydrogen) atoms. The first-order chi connectivity index (χ1) is 10.2. The van der Waals surface area contributed by atoms with Gasteiger partial charge < -0.3 is 4.98 Å². The Labute approximate surface area is 139 Å². The van der Waals surface area contributed by atoms with Crippen LogP contribution in [0.5, 0.6) is 0 Å². The molecule has 0 bridgehead atoms. The average Bonchev–Trinajstić information content (AvgIpc) is 2.92. The van der Waals surface area contributed by atoms with E-state index in [4.69, 9.17) is 11.6 Å². The fourth-order valence-electron chi connectivity index (χ4n) is 2.34. The van der Waals surface area contributed by atoms with E-state index in [0.717, 1.165) is 41.9 Å². The van der Waals surface area contributed by atoms with Crippen molar-refractivity contribution in [2.24, 2.45) is 0 Å². The zero-order valence-corrected chi connectivity index (χ0v) is 13.7. The molecule has 0 saturated heterocycles. The van der Waals surface area contributed by atoms with Gasteiger partial charge in [-0.2, -0.15) is 0 Å². The van der Waals surface area contributed by atoms with Crippen LogP contribution in [0.3, 0.4) is 0 Å². The van der Waals surface area contributed by atoms with Crippen LogP contribution in [0.15, 0.2) is 48.7 Å². The van der Waals surface area contributed by atoms with Gasteiger partial charge in [0, 0.05) is 20.7 Å². The third-order valence-corrected chi connectivity index (χ3v) is 4.91. The van der Waals surface area contributed by atoms with Crippen molar-refractivity contribution in [3.05, 3.63) is 57.3 Å². The molecule has 0 aliphatic carbocycles. The summed E-state index contributed by atoms with van der Waals surface area (Å²) in [4.78, 5) is 12.4. The molecule has 4 aromatic rings. The Hall–Kier alpha value is -1.66. The Bertz CT molecular complexity index is 945. The quantitative estimate of drug-likeness (QED) is 0.451. The van der Waals surface area contributed by atoms with Crippen LogP contribution in [-0.2, 0) is 0 Å². The predicted molar refractivity (Wildman–Crippen MR) is 94.6 cm³/mol. The molecular formula is C16H9ClIN3. The van der Waals surface area contributed by atoms with Gasteiger partial charge in [0.25, 0.3) is 0 Å². The zero-order chi connectivity index (χ0) is 14.4. The van der Waals surface area contributed by atoms with Crippen molar-refractivity contribution in [3.63, 3.8) is 0 Å². The lowest BCUT2D eigenvalue weighted by atomic mass is 10.1. The molecule has 0 unspecified atom stereocenters. The van der Waals surface area contributed by atoms with Crippen LogP contribution >= 0.6 is 34.2 Å². The first-order valence-corrected chi connectivity index (χ1v) is 7.86. The molecule has 1 N–H and O–H groups in total. The molecule has 3 nitrogen and oxygen atoms in total. The van der Waals surface area contributed by atoms with Crippen molar-refractivity contribution in [2.45, 2.75) is 0 Å². The number of nitrogens with one attached hydrogen (secondary N) is 1. The largest absolute Gasteiger partial charge is 0.338 e. The van der Waals surface area contributed by atoms with Gasteiger partial charge >= 0.3 is 0 Å². The summed E-state index contributed by atoms with van der Waals surface area (Å²) in [6.07, 6.45) is 1.82. The number of benzene rings is 2. The number of para-hydroxylation sites is 2. The number of fused-ring (bicyclic) bond motifs is 2. The lowest BCUT2D eigenvalue weighted by Gasteiger charge is -2.03. The fourth-order valence-corrected chi connectivity index (χ4v) is 2.99. The van der Waals surface area contributed by atoms with E-state index in [1.54, 1.807) is 0 Å².